The highest BCUT2D eigenvalue weighted by atomic mass is 32.1. The minimum atomic E-state index is 1.00. The lowest BCUT2D eigenvalue weighted by Crippen LogP contribution is -2.47. The van der Waals surface area contributed by atoms with Crippen molar-refractivity contribution in [1.82, 2.24) is 23.8 Å². The number of aryl methyl sites for hydroxylation is 1. The van der Waals surface area contributed by atoms with E-state index in [4.69, 9.17) is 0 Å². The van der Waals surface area contributed by atoms with Gasteiger partial charge in [-0.25, -0.2) is 0 Å². The Hall–Kier alpha value is -1.99. The maximum Gasteiger partial charge on any atom is 0.128 e. The molecule has 1 aliphatic heterocycles. The molecule has 0 radical (unpaired) electrons. The molecule has 1 saturated heterocycles. The molecule has 0 aliphatic carbocycles. The number of aromatic amines is 1. The zero-order valence-corrected chi connectivity index (χ0v) is 14.0. The lowest BCUT2D eigenvalue weighted by molar-refractivity contribution is 0.260. The Morgan fingerprint density at radius 2 is 2.04 bits per heavy atom. The molecule has 6 nitrogen and oxygen atoms in total. The first-order chi connectivity index (χ1) is 11.3. The first kappa shape index (κ1) is 14.6. The molecule has 3 aromatic rings. The van der Waals surface area contributed by atoms with Crippen molar-refractivity contribution >= 4 is 28.4 Å². The lowest BCUT2D eigenvalue weighted by Gasteiger charge is -2.36. The van der Waals surface area contributed by atoms with Crippen LogP contribution < -0.4 is 4.90 Å². The van der Waals surface area contributed by atoms with E-state index in [1.165, 1.54) is 17.4 Å². The fourth-order valence-corrected chi connectivity index (χ4v) is 3.68. The molecule has 1 aromatic carbocycles. The van der Waals surface area contributed by atoms with Crippen LogP contribution in [0.5, 0.6) is 0 Å². The summed E-state index contributed by atoms with van der Waals surface area (Å²) in [5.41, 5.74) is 5.55. The average molecular weight is 328 g/mol. The van der Waals surface area contributed by atoms with E-state index < -0.39 is 0 Å². The Labute approximate surface area is 139 Å². The summed E-state index contributed by atoms with van der Waals surface area (Å²) < 4.78 is 8.79. The number of piperazine rings is 1. The SMILES string of the molecule is Cc1cc(CCN2CCN(c3cccc4nsnc34)CC2)n[nH]1. The first-order valence-corrected chi connectivity index (χ1v) is 8.72. The summed E-state index contributed by atoms with van der Waals surface area (Å²) in [5, 5.41) is 7.33. The van der Waals surface area contributed by atoms with E-state index in [0.29, 0.717) is 0 Å². The zero-order valence-electron chi connectivity index (χ0n) is 13.2. The number of nitrogens with one attached hydrogen (secondary N) is 1. The minimum absolute atomic E-state index is 1.00. The average Bonchev–Trinajstić information content (AvgIpc) is 3.22. The van der Waals surface area contributed by atoms with Crippen LogP contribution in [0, 0.1) is 6.92 Å². The molecular weight excluding hydrogens is 308 g/mol. The molecule has 0 unspecified atom stereocenters. The fourth-order valence-electron chi connectivity index (χ4n) is 3.13. The lowest BCUT2D eigenvalue weighted by atomic mass is 10.2. The van der Waals surface area contributed by atoms with Crippen LogP contribution in [0.4, 0.5) is 5.69 Å². The largest absolute Gasteiger partial charge is 0.367 e. The number of benzene rings is 1. The fraction of sp³-hybridized carbons (Fsp3) is 0.438. The second kappa shape index (κ2) is 6.25. The van der Waals surface area contributed by atoms with E-state index in [0.717, 1.165) is 61.6 Å². The monoisotopic (exact) mass is 328 g/mol. The summed E-state index contributed by atoms with van der Waals surface area (Å²) in [7, 11) is 0. The maximum atomic E-state index is 4.45. The van der Waals surface area contributed by atoms with Crippen molar-refractivity contribution < 1.29 is 0 Å². The van der Waals surface area contributed by atoms with Crippen molar-refractivity contribution in [3.8, 4) is 0 Å². The summed E-state index contributed by atoms with van der Waals surface area (Å²) in [6.07, 6.45) is 1.01. The van der Waals surface area contributed by atoms with Gasteiger partial charge in [0.25, 0.3) is 0 Å². The van der Waals surface area contributed by atoms with Crippen LogP contribution >= 0.6 is 11.7 Å². The third-order valence-corrected chi connectivity index (χ3v) is 4.96. The van der Waals surface area contributed by atoms with Crippen LogP contribution in [-0.2, 0) is 6.42 Å². The van der Waals surface area contributed by atoms with Crippen molar-refractivity contribution in [2.75, 3.05) is 37.6 Å². The van der Waals surface area contributed by atoms with E-state index >= 15 is 0 Å². The summed E-state index contributed by atoms with van der Waals surface area (Å²) in [6, 6.07) is 8.40. The highest BCUT2D eigenvalue weighted by Gasteiger charge is 2.19. The van der Waals surface area contributed by atoms with Gasteiger partial charge in [0.15, 0.2) is 0 Å². The molecule has 1 fully saturated rings. The second-order valence-corrected chi connectivity index (χ2v) is 6.56. The zero-order chi connectivity index (χ0) is 15.6. The first-order valence-electron chi connectivity index (χ1n) is 7.99. The van der Waals surface area contributed by atoms with E-state index in [1.807, 2.05) is 13.0 Å². The predicted octanol–water partition coefficient (Wildman–Crippen LogP) is 2.09. The molecule has 2 aromatic heterocycles. The van der Waals surface area contributed by atoms with Gasteiger partial charge in [-0.1, -0.05) is 6.07 Å². The number of H-pyrrole nitrogens is 1. The smallest absolute Gasteiger partial charge is 0.128 e. The van der Waals surface area contributed by atoms with Gasteiger partial charge in [0.1, 0.15) is 11.0 Å². The molecule has 0 amide bonds. The van der Waals surface area contributed by atoms with Crippen LogP contribution in [-0.4, -0.2) is 56.6 Å². The highest BCUT2D eigenvalue weighted by Crippen LogP contribution is 2.26. The second-order valence-electron chi connectivity index (χ2n) is 6.03. The van der Waals surface area contributed by atoms with Crippen LogP contribution in [0.25, 0.3) is 11.0 Å². The van der Waals surface area contributed by atoms with Crippen molar-refractivity contribution in [3.05, 3.63) is 35.7 Å². The number of fused-ring (bicyclic) bond motifs is 1. The Balaban J connectivity index is 1.36. The highest BCUT2D eigenvalue weighted by molar-refractivity contribution is 7.00. The molecular formula is C16H20N6S. The van der Waals surface area contributed by atoms with Crippen LogP contribution in [0.3, 0.4) is 0 Å². The van der Waals surface area contributed by atoms with Gasteiger partial charge >= 0.3 is 0 Å². The van der Waals surface area contributed by atoms with Crippen LogP contribution in [0.1, 0.15) is 11.4 Å². The molecule has 4 rings (SSSR count). The number of hydrogen-bond donors (Lipinski definition) is 1. The van der Waals surface area contributed by atoms with Gasteiger partial charge in [0, 0.05) is 44.8 Å². The van der Waals surface area contributed by atoms with E-state index in [2.05, 4.69) is 46.9 Å². The Morgan fingerprint density at radius 1 is 1.17 bits per heavy atom. The van der Waals surface area contributed by atoms with Gasteiger partial charge in [-0.2, -0.15) is 13.8 Å². The van der Waals surface area contributed by atoms with Crippen molar-refractivity contribution in [3.63, 3.8) is 0 Å². The number of aromatic nitrogens is 4. The summed E-state index contributed by atoms with van der Waals surface area (Å²) in [6.45, 7) is 7.35. The van der Waals surface area contributed by atoms with E-state index in [1.54, 1.807) is 0 Å². The van der Waals surface area contributed by atoms with Gasteiger partial charge in [-0.3, -0.25) is 10.00 Å². The summed E-state index contributed by atoms with van der Waals surface area (Å²) in [4.78, 5) is 4.94. The molecule has 1 aliphatic rings. The van der Waals surface area contributed by atoms with Gasteiger partial charge in [0.2, 0.25) is 0 Å². The van der Waals surface area contributed by atoms with Gasteiger partial charge in [-0.15, -0.1) is 0 Å². The Bertz CT molecular complexity index is 787. The number of rotatable bonds is 4. The molecule has 120 valence electrons. The van der Waals surface area contributed by atoms with E-state index in [9.17, 15) is 0 Å². The maximum absolute atomic E-state index is 4.45. The molecule has 7 heteroatoms. The van der Waals surface area contributed by atoms with Crippen LogP contribution in [0.15, 0.2) is 24.3 Å². The third kappa shape index (κ3) is 3.07. The van der Waals surface area contributed by atoms with Gasteiger partial charge in [0.05, 0.1) is 23.1 Å². The summed E-state index contributed by atoms with van der Waals surface area (Å²) >= 11 is 1.29. The standard InChI is InChI=1S/C16H20N6S/c1-12-11-13(18-17-12)5-6-21-7-9-22(10-8-21)15-4-2-3-14-16(15)20-23-19-14/h2-4,11H,5-10H2,1H3,(H,17,18). The molecule has 0 spiro atoms. The number of hydrogen-bond acceptors (Lipinski definition) is 6. The van der Waals surface area contributed by atoms with Gasteiger partial charge in [-0.05, 0) is 25.1 Å². The van der Waals surface area contributed by atoms with Crippen molar-refractivity contribution in [2.24, 2.45) is 0 Å². The predicted molar refractivity (Wildman–Crippen MR) is 93.1 cm³/mol. The van der Waals surface area contributed by atoms with Gasteiger partial charge < -0.3 is 4.90 Å². The Morgan fingerprint density at radius 3 is 2.83 bits per heavy atom. The van der Waals surface area contributed by atoms with Crippen molar-refractivity contribution in [2.45, 2.75) is 13.3 Å². The normalized spacial score (nSPS) is 16.3. The summed E-state index contributed by atoms with van der Waals surface area (Å²) in [5.74, 6) is 0. The Kier molecular flexibility index (Phi) is 3.97. The molecule has 0 saturated carbocycles. The van der Waals surface area contributed by atoms with E-state index in [-0.39, 0.29) is 0 Å². The molecule has 0 atom stereocenters. The molecule has 23 heavy (non-hydrogen) atoms. The molecule has 1 N–H and O–H groups in total. The third-order valence-electron chi connectivity index (χ3n) is 4.42. The minimum Gasteiger partial charge on any atom is -0.367 e. The van der Waals surface area contributed by atoms with Crippen molar-refractivity contribution in [1.29, 1.82) is 0 Å². The number of anilines is 1. The number of nitrogens with zero attached hydrogens (tertiary/aromatic N) is 5. The topological polar surface area (TPSA) is 60.9 Å². The quantitative estimate of drug-likeness (QED) is 0.794. The van der Waals surface area contributed by atoms with Crippen LogP contribution in [0.2, 0.25) is 0 Å². The molecule has 0 bridgehead atoms. The molecule has 3 heterocycles.